The molecule has 8 heteroatoms. The molecule has 1 unspecified atom stereocenters. The summed E-state index contributed by atoms with van der Waals surface area (Å²) in [5.74, 6) is -3.32. The molecule has 0 saturated carbocycles. The summed E-state index contributed by atoms with van der Waals surface area (Å²) in [5.41, 5.74) is 0. The summed E-state index contributed by atoms with van der Waals surface area (Å²) in [5, 5.41) is 0. The van der Waals surface area contributed by atoms with Crippen molar-refractivity contribution in [2.45, 2.75) is 71.3 Å². The van der Waals surface area contributed by atoms with E-state index in [4.69, 9.17) is 4.74 Å². The van der Waals surface area contributed by atoms with Crippen molar-refractivity contribution in [1.82, 2.24) is 0 Å². The lowest BCUT2D eigenvalue weighted by Crippen LogP contribution is -2.33. The van der Waals surface area contributed by atoms with Crippen LogP contribution in [0.15, 0.2) is 72.9 Å². The van der Waals surface area contributed by atoms with Crippen molar-refractivity contribution >= 4 is 17.9 Å². The Morgan fingerprint density at radius 2 is 1.00 bits per heavy atom. The zero-order valence-corrected chi connectivity index (χ0v) is 23.3. The summed E-state index contributed by atoms with van der Waals surface area (Å²) in [7, 11) is 0. The van der Waals surface area contributed by atoms with Gasteiger partial charge in [-0.1, -0.05) is 86.8 Å². The van der Waals surface area contributed by atoms with Gasteiger partial charge in [-0.2, -0.15) is 0 Å². The molecule has 6 nitrogen and oxygen atoms in total. The van der Waals surface area contributed by atoms with Crippen LogP contribution in [-0.2, 0) is 28.6 Å². The van der Waals surface area contributed by atoms with Crippen molar-refractivity contribution in [3.8, 4) is 0 Å². The highest BCUT2D eigenvalue weighted by molar-refractivity contribution is 5.73. The van der Waals surface area contributed by atoms with Gasteiger partial charge in [-0.3, -0.25) is 4.79 Å². The molecule has 0 spiro atoms. The maximum absolute atomic E-state index is 12.5. The number of esters is 3. The molecule has 0 radical (unpaired) electrons. The minimum Gasteiger partial charge on any atom is -0.460 e. The molecule has 0 rings (SSSR count). The molecule has 0 amide bonds. The fraction of sp³-hybridized carbons (Fsp3) is 0.516. The van der Waals surface area contributed by atoms with Crippen molar-refractivity contribution in [2.24, 2.45) is 5.92 Å². The summed E-state index contributed by atoms with van der Waals surface area (Å²) in [6, 6.07) is 0. The summed E-state index contributed by atoms with van der Waals surface area (Å²) in [6.07, 6.45) is 30.5. The zero-order chi connectivity index (χ0) is 29.0. The second kappa shape index (κ2) is 26.3. The molecule has 0 aromatic carbocycles. The van der Waals surface area contributed by atoms with E-state index in [2.05, 4.69) is 71.1 Å². The highest BCUT2D eigenvalue weighted by atomic mass is 19.1. The highest BCUT2D eigenvalue weighted by Gasteiger charge is 2.24. The van der Waals surface area contributed by atoms with Crippen molar-refractivity contribution in [2.75, 3.05) is 26.6 Å². The number of alkyl halides is 2. The maximum atomic E-state index is 12.5. The van der Waals surface area contributed by atoms with Gasteiger partial charge < -0.3 is 14.2 Å². The molecule has 1 atom stereocenters. The third-order valence-corrected chi connectivity index (χ3v) is 5.20. The van der Waals surface area contributed by atoms with Gasteiger partial charge in [-0.15, -0.1) is 0 Å². The van der Waals surface area contributed by atoms with Gasteiger partial charge in [0.05, 0.1) is 5.92 Å². The monoisotopic (exact) mass is 550 g/mol. The average molecular weight is 551 g/mol. The average Bonchev–Trinajstić information content (AvgIpc) is 2.95. The van der Waals surface area contributed by atoms with Crippen LogP contribution >= 0.6 is 0 Å². The number of hydrogen-bond donors (Lipinski definition) is 0. The molecule has 0 saturated heterocycles. The van der Waals surface area contributed by atoms with Gasteiger partial charge in [0.1, 0.15) is 13.2 Å². The van der Waals surface area contributed by atoms with Gasteiger partial charge in [0.2, 0.25) is 0 Å². The summed E-state index contributed by atoms with van der Waals surface area (Å²) >= 11 is 0. The van der Waals surface area contributed by atoms with Crippen molar-refractivity contribution in [3.63, 3.8) is 0 Å². The first-order valence-electron chi connectivity index (χ1n) is 13.5. The number of ether oxygens (including phenoxy) is 3. The Morgan fingerprint density at radius 3 is 1.36 bits per heavy atom. The SMILES string of the molecule is CC/C=C\C/C=C\C/C=C\C/C=C\C/C=C\C/C=C\CC(CC)C(=O)OC(COC(=O)CF)COC(=O)CF. The fourth-order valence-corrected chi connectivity index (χ4v) is 3.04. The van der Waals surface area contributed by atoms with Crippen LogP contribution in [0.5, 0.6) is 0 Å². The lowest BCUT2D eigenvalue weighted by atomic mass is 10.0. The molecule has 0 N–H and O–H groups in total. The van der Waals surface area contributed by atoms with Crippen LogP contribution < -0.4 is 0 Å². The van der Waals surface area contributed by atoms with Crippen molar-refractivity contribution < 1.29 is 37.4 Å². The van der Waals surface area contributed by atoms with Gasteiger partial charge >= 0.3 is 17.9 Å². The standard InChI is InChI=1S/C31H44F2O6/c1-3-5-6-7-8-9-10-11-12-13-14-15-16-17-18-19-20-21-22-27(4-2)31(36)39-28(25-37-29(34)23-32)26-38-30(35)24-33/h5-6,8-9,11-12,14-15,17-18,20-21,27-28H,3-4,7,10,13,16,19,22-26H2,1-2H3/b6-5-,9-8-,12-11-,15-14-,18-17-,21-20-. The van der Waals surface area contributed by atoms with Crippen LogP contribution in [0.4, 0.5) is 8.78 Å². The zero-order valence-electron chi connectivity index (χ0n) is 23.3. The highest BCUT2D eigenvalue weighted by Crippen LogP contribution is 2.14. The Bertz CT molecular complexity index is 822. The predicted octanol–water partition coefficient (Wildman–Crippen LogP) is 7.04. The fourth-order valence-electron chi connectivity index (χ4n) is 3.04. The van der Waals surface area contributed by atoms with Crippen LogP contribution in [0.2, 0.25) is 0 Å². The van der Waals surface area contributed by atoms with E-state index in [1.54, 1.807) is 0 Å². The second-order valence-corrected chi connectivity index (χ2v) is 8.45. The lowest BCUT2D eigenvalue weighted by molar-refractivity contribution is -0.170. The molecule has 0 aromatic heterocycles. The minimum absolute atomic E-state index is 0.432. The van der Waals surface area contributed by atoms with E-state index in [1.807, 2.05) is 25.2 Å². The molecular weight excluding hydrogens is 506 g/mol. The van der Waals surface area contributed by atoms with Crippen LogP contribution in [0.25, 0.3) is 0 Å². The van der Waals surface area contributed by atoms with Crippen LogP contribution in [0.3, 0.4) is 0 Å². The molecule has 0 bridgehead atoms. The van der Waals surface area contributed by atoms with Gasteiger partial charge in [0, 0.05) is 0 Å². The van der Waals surface area contributed by atoms with Crippen molar-refractivity contribution in [1.29, 1.82) is 0 Å². The molecule has 39 heavy (non-hydrogen) atoms. The van der Waals surface area contributed by atoms with E-state index in [0.29, 0.717) is 12.8 Å². The van der Waals surface area contributed by atoms with Gasteiger partial charge in [-0.25, -0.2) is 18.4 Å². The van der Waals surface area contributed by atoms with Crippen LogP contribution in [0.1, 0.15) is 65.2 Å². The van der Waals surface area contributed by atoms with E-state index in [-0.39, 0.29) is 0 Å². The largest absolute Gasteiger partial charge is 0.460 e. The molecule has 218 valence electrons. The smallest absolute Gasteiger partial charge is 0.337 e. The maximum Gasteiger partial charge on any atom is 0.337 e. The third kappa shape index (κ3) is 22.4. The number of hydrogen-bond acceptors (Lipinski definition) is 6. The Morgan fingerprint density at radius 1 is 0.615 bits per heavy atom. The quantitative estimate of drug-likeness (QED) is 0.0817. The number of rotatable bonds is 22. The lowest BCUT2D eigenvalue weighted by Gasteiger charge is -2.20. The first-order valence-corrected chi connectivity index (χ1v) is 13.5. The minimum atomic E-state index is -1.34. The Kier molecular flexibility index (Phi) is 24.1. The van der Waals surface area contributed by atoms with Gasteiger partial charge in [-0.05, 0) is 51.4 Å². The Balaban J connectivity index is 4.31. The molecule has 0 aliphatic heterocycles. The summed E-state index contributed by atoms with van der Waals surface area (Å²) in [6.45, 7) is 0.276. The summed E-state index contributed by atoms with van der Waals surface area (Å²) < 4.78 is 39.2. The van der Waals surface area contributed by atoms with Crippen molar-refractivity contribution in [3.05, 3.63) is 72.9 Å². The molecule has 0 aliphatic carbocycles. The van der Waals surface area contributed by atoms with Gasteiger partial charge in [0.15, 0.2) is 19.5 Å². The number of halogens is 2. The third-order valence-electron chi connectivity index (χ3n) is 5.20. The molecule has 0 heterocycles. The second-order valence-electron chi connectivity index (χ2n) is 8.45. The van der Waals surface area contributed by atoms with E-state index < -0.39 is 56.5 Å². The Labute approximate surface area is 232 Å². The van der Waals surface area contributed by atoms with E-state index >= 15 is 0 Å². The first kappa shape index (κ1) is 35.7. The summed E-state index contributed by atoms with van der Waals surface area (Å²) in [4.78, 5) is 34.6. The first-order chi connectivity index (χ1) is 19.0. The predicted molar refractivity (Wildman–Crippen MR) is 150 cm³/mol. The number of allylic oxidation sites excluding steroid dienone is 12. The molecular formula is C31H44F2O6. The molecule has 0 aromatic rings. The number of carbonyl (C=O) groups is 3. The van der Waals surface area contributed by atoms with Crippen LogP contribution in [0, 0.1) is 5.92 Å². The van der Waals surface area contributed by atoms with Crippen LogP contribution in [-0.4, -0.2) is 50.6 Å². The molecule has 0 fully saturated rings. The van der Waals surface area contributed by atoms with E-state index in [9.17, 15) is 23.2 Å². The van der Waals surface area contributed by atoms with Gasteiger partial charge in [0.25, 0.3) is 0 Å². The van der Waals surface area contributed by atoms with E-state index in [1.165, 1.54) is 0 Å². The Hall–Kier alpha value is -3.29. The van der Waals surface area contributed by atoms with E-state index in [0.717, 1.165) is 38.5 Å². The number of carbonyl (C=O) groups excluding carboxylic acids is 3. The molecule has 0 aliphatic rings. The normalized spacial score (nSPS) is 13.2. The topological polar surface area (TPSA) is 78.9 Å².